The van der Waals surface area contributed by atoms with Crippen LogP contribution in [-0.2, 0) is 0 Å². The standard InChI is InChI=1S/C12H6ClN3O2S2/c13-7-1-3-8(4-2-7)19-10-6-5-9-11(15-20-14-9)12(10)16(17)18/h1-6H. The molecule has 5 nitrogen and oxygen atoms in total. The predicted octanol–water partition coefficient (Wildman–Crippen LogP) is 4.40. The Balaban J connectivity index is 2.08. The lowest BCUT2D eigenvalue weighted by Crippen LogP contribution is -1.92. The molecule has 3 aromatic rings. The first kappa shape index (κ1) is 13.3. The van der Waals surface area contributed by atoms with E-state index in [4.69, 9.17) is 11.6 Å². The van der Waals surface area contributed by atoms with Crippen molar-refractivity contribution in [2.45, 2.75) is 9.79 Å². The van der Waals surface area contributed by atoms with E-state index in [1.807, 2.05) is 12.1 Å². The maximum Gasteiger partial charge on any atom is 0.312 e. The predicted molar refractivity (Wildman–Crippen MR) is 79.6 cm³/mol. The van der Waals surface area contributed by atoms with Crippen LogP contribution in [0.2, 0.25) is 5.02 Å². The molecule has 0 atom stereocenters. The second-order valence-electron chi connectivity index (χ2n) is 3.86. The molecular weight excluding hydrogens is 318 g/mol. The molecule has 0 saturated carbocycles. The Morgan fingerprint density at radius 2 is 1.90 bits per heavy atom. The third-order valence-electron chi connectivity index (χ3n) is 2.59. The molecule has 0 aliphatic rings. The molecular formula is C12H6ClN3O2S2. The Kier molecular flexibility index (Phi) is 3.56. The van der Waals surface area contributed by atoms with Gasteiger partial charge in [-0.3, -0.25) is 10.1 Å². The first-order valence-electron chi connectivity index (χ1n) is 5.48. The number of rotatable bonds is 3. The molecule has 0 bridgehead atoms. The van der Waals surface area contributed by atoms with Gasteiger partial charge < -0.3 is 0 Å². The average molecular weight is 324 g/mol. The summed E-state index contributed by atoms with van der Waals surface area (Å²) in [6, 6.07) is 10.6. The Bertz CT molecular complexity index is 789. The SMILES string of the molecule is O=[N+]([O-])c1c(Sc2ccc(Cl)cc2)ccc2nsnc12. The van der Waals surface area contributed by atoms with Crippen molar-refractivity contribution < 1.29 is 4.92 Å². The number of aromatic nitrogens is 2. The highest BCUT2D eigenvalue weighted by atomic mass is 35.5. The fourth-order valence-corrected chi connectivity index (χ4v) is 3.30. The number of hydrogen-bond acceptors (Lipinski definition) is 6. The van der Waals surface area contributed by atoms with Gasteiger partial charge in [-0.05, 0) is 36.4 Å². The summed E-state index contributed by atoms with van der Waals surface area (Å²) < 4.78 is 8.03. The zero-order valence-corrected chi connectivity index (χ0v) is 12.2. The summed E-state index contributed by atoms with van der Waals surface area (Å²) in [6.07, 6.45) is 0. The van der Waals surface area contributed by atoms with E-state index >= 15 is 0 Å². The monoisotopic (exact) mass is 323 g/mol. The number of halogens is 1. The number of benzene rings is 2. The van der Waals surface area contributed by atoms with Gasteiger partial charge in [-0.15, -0.1) is 0 Å². The molecule has 1 heterocycles. The van der Waals surface area contributed by atoms with E-state index in [1.165, 1.54) is 11.8 Å². The van der Waals surface area contributed by atoms with E-state index in [1.54, 1.807) is 24.3 Å². The minimum atomic E-state index is -0.415. The third-order valence-corrected chi connectivity index (χ3v) is 4.44. The summed E-state index contributed by atoms with van der Waals surface area (Å²) in [7, 11) is 0. The number of hydrogen-bond donors (Lipinski definition) is 0. The van der Waals surface area contributed by atoms with Crippen molar-refractivity contribution in [3.63, 3.8) is 0 Å². The molecule has 0 spiro atoms. The number of nitro benzene ring substituents is 1. The van der Waals surface area contributed by atoms with Crippen LogP contribution in [0.1, 0.15) is 0 Å². The summed E-state index contributed by atoms with van der Waals surface area (Å²) >= 11 is 8.10. The van der Waals surface area contributed by atoms with Gasteiger partial charge in [0.05, 0.1) is 21.5 Å². The van der Waals surface area contributed by atoms with Crippen molar-refractivity contribution in [3.05, 3.63) is 51.5 Å². The van der Waals surface area contributed by atoms with Gasteiger partial charge in [0.15, 0.2) is 5.52 Å². The topological polar surface area (TPSA) is 68.9 Å². The largest absolute Gasteiger partial charge is 0.312 e. The van der Waals surface area contributed by atoms with Crippen molar-refractivity contribution in [2.75, 3.05) is 0 Å². The molecule has 8 heteroatoms. The summed E-state index contributed by atoms with van der Waals surface area (Å²) in [5, 5.41) is 11.9. The highest BCUT2D eigenvalue weighted by Crippen LogP contribution is 2.38. The zero-order chi connectivity index (χ0) is 14.1. The van der Waals surface area contributed by atoms with Gasteiger partial charge in [0.2, 0.25) is 0 Å². The van der Waals surface area contributed by atoms with Gasteiger partial charge in [-0.2, -0.15) is 8.75 Å². The minimum Gasteiger partial charge on any atom is -0.258 e. The van der Waals surface area contributed by atoms with Crippen LogP contribution in [0.25, 0.3) is 11.0 Å². The van der Waals surface area contributed by atoms with Crippen LogP contribution >= 0.6 is 35.1 Å². The van der Waals surface area contributed by atoms with Crippen LogP contribution in [0.3, 0.4) is 0 Å². The van der Waals surface area contributed by atoms with Crippen LogP contribution in [0.4, 0.5) is 5.69 Å². The normalized spacial score (nSPS) is 10.8. The Morgan fingerprint density at radius 1 is 1.15 bits per heavy atom. The van der Waals surface area contributed by atoms with Gasteiger partial charge in [0.1, 0.15) is 5.52 Å². The molecule has 0 saturated heterocycles. The van der Waals surface area contributed by atoms with E-state index in [9.17, 15) is 10.1 Å². The smallest absolute Gasteiger partial charge is 0.258 e. The lowest BCUT2D eigenvalue weighted by Gasteiger charge is -2.03. The quantitative estimate of drug-likeness (QED) is 0.527. The van der Waals surface area contributed by atoms with Gasteiger partial charge in [0, 0.05) is 9.92 Å². The molecule has 0 N–H and O–H groups in total. The molecule has 2 aromatic carbocycles. The molecule has 3 rings (SSSR count). The summed E-state index contributed by atoms with van der Waals surface area (Å²) in [4.78, 5) is 12.3. The molecule has 0 amide bonds. The van der Waals surface area contributed by atoms with E-state index in [0.29, 0.717) is 21.0 Å². The van der Waals surface area contributed by atoms with Crippen molar-refractivity contribution in [1.29, 1.82) is 0 Å². The fraction of sp³-hybridized carbons (Fsp3) is 0. The number of nitro groups is 1. The van der Waals surface area contributed by atoms with Crippen LogP contribution in [0.5, 0.6) is 0 Å². The zero-order valence-electron chi connectivity index (χ0n) is 9.82. The second-order valence-corrected chi connectivity index (χ2v) is 5.94. The fourth-order valence-electron chi connectivity index (χ4n) is 1.71. The molecule has 100 valence electrons. The van der Waals surface area contributed by atoms with Gasteiger partial charge in [-0.1, -0.05) is 23.4 Å². The Labute approximate surface area is 127 Å². The van der Waals surface area contributed by atoms with E-state index in [2.05, 4.69) is 8.75 Å². The number of fused-ring (bicyclic) bond motifs is 1. The van der Waals surface area contributed by atoms with Crippen molar-refractivity contribution in [2.24, 2.45) is 0 Å². The molecule has 1 aromatic heterocycles. The lowest BCUT2D eigenvalue weighted by atomic mass is 10.3. The van der Waals surface area contributed by atoms with Crippen LogP contribution in [-0.4, -0.2) is 13.7 Å². The molecule has 0 aliphatic heterocycles. The van der Waals surface area contributed by atoms with Crippen LogP contribution < -0.4 is 0 Å². The molecule has 0 unspecified atom stereocenters. The maximum atomic E-state index is 11.3. The van der Waals surface area contributed by atoms with Gasteiger partial charge >= 0.3 is 5.69 Å². The molecule has 0 aliphatic carbocycles. The van der Waals surface area contributed by atoms with Crippen LogP contribution in [0, 0.1) is 10.1 Å². The highest BCUT2D eigenvalue weighted by Gasteiger charge is 2.22. The van der Waals surface area contributed by atoms with Crippen molar-refractivity contribution in [3.8, 4) is 0 Å². The average Bonchev–Trinajstić information content (AvgIpc) is 2.89. The molecule has 0 fully saturated rings. The second kappa shape index (κ2) is 5.35. The van der Waals surface area contributed by atoms with E-state index in [-0.39, 0.29) is 5.69 Å². The van der Waals surface area contributed by atoms with Crippen molar-refractivity contribution >= 4 is 51.8 Å². The molecule has 0 radical (unpaired) electrons. The van der Waals surface area contributed by atoms with Gasteiger partial charge in [-0.25, -0.2) is 0 Å². The van der Waals surface area contributed by atoms with Crippen LogP contribution in [0.15, 0.2) is 46.2 Å². The lowest BCUT2D eigenvalue weighted by molar-refractivity contribution is -0.386. The summed E-state index contributed by atoms with van der Waals surface area (Å²) in [5.41, 5.74) is 0.873. The minimum absolute atomic E-state index is 0.00352. The van der Waals surface area contributed by atoms with E-state index in [0.717, 1.165) is 16.6 Å². The Morgan fingerprint density at radius 3 is 2.60 bits per heavy atom. The Hall–Kier alpha value is -1.70. The van der Waals surface area contributed by atoms with E-state index < -0.39 is 4.92 Å². The maximum absolute atomic E-state index is 11.3. The van der Waals surface area contributed by atoms with Gasteiger partial charge in [0.25, 0.3) is 0 Å². The van der Waals surface area contributed by atoms with Crippen molar-refractivity contribution in [1.82, 2.24) is 8.75 Å². The first-order chi connectivity index (χ1) is 9.65. The third kappa shape index (κ3) is 2.47. The first-order valence-corrected chi connectivity index (χ1v) is 7.41. The summed E-state index contributed by atoms with van der Waals surface area (Å²) in [6.45, 7) is 0. The molecule has 20 heavy (non-hydrogen) atoms. The highest BCUT2D eigenvalue weighted by molar-refractivity contribution is 7.99. The number of nitrogens with zero attached hydrogens (tertiary/aromatic N) is 3. The summed E-state index contributed by atoms with van der Waals surface area (Å²) in [5.74, 6) is 0.